The van der Waals surface area contributed by atoms with E-state index in [0.717, 1.165) is 16.9 Å². The van der Waals surface area contributed by atoms with Gasteiger partial charge in [-0.1, -0.05) is 42.5 Å². The fourth-order valence-corrected chi connectivity index (χ4v) is 2.25. The predicted octanol–water partition coefficient (Wildman–Crippen LogP) is 3.71. The van der Waals surface area contributed by atoms with Crippen molar-refractivity contribution in [3.05, 3.63) is 76.3 Å². The number of benzene rings is 2. The van der Waals surface area contributed by atoms with E-state index in [1.807, 2.05) is 61.5 Å². The average molecular weight is 324 g/mol. The first-order valence-electron chi connectivity index (χ1n) is 7.18. The van der Waals surface area contributed by atoms with Crippen LogP contribution in [0.5, 0.6) is 5.75 Å². The Kier molecular flexibility index (Phi) is 4.63. The summed E-state index contributed by atoms with van der Waals surface area (Å²) in [6, 6.07) is 17.6. The normalized spacial score (nSPS) is 11.0. The highest BCUT2D eigenvalue weighted by atomic mass is 32.1. The molecule has 1 aromatic heterocycles. The van der Waals surface area contributed by atoms with E-state index < -0.39 is 0 Å². The molecular weight excluding hydrogens is 308 g/mol. The van der Waals surface area contributed by atoms with Crippen molar-refractivity contribution in [1.29, 1.82) is 0 Å². The molecule has 0 unspecified atom stereocenters. The number of rotatable bonds is 5. The van der Waals surface area contributed by atoms with Crippen molar-refractivity contribution >= 4 is 18.4 Å². The zero-order chi connectivity index (χ0) is 16.1. The lowest BCUT2D eigenvalue weighted by molar-refractivity contribution is 0.290. The summed E-state index contributed by atoms with van der Waals surface area (Å²) in [5.41, 5.74) is 2.18. The fourth-order valence-electron chi connectivity index (χ4n) is 2.05. The average Bonchev–Trinajstić information content (AvgIpc) is 2.93. The van der Waals surface area contributed by atoms with Crippen molar-refractivity contribution in [2.45, 2.75) is 13.5 Å². The van der Waals surface area contributed by atoms with Gasteiger partial charge in [-0.25, -0.2) is 5.10 Å². The first-order chi connectivity index (χ1) is 11.2. The van der Waals surface area contributed by atoms with Crippen LogP contribution in [0.15, 0.2) is 59.7 Å². The Morgan fingerprint density at radius 3 is 2.70 bits per heavy atom. The summed E-state index contributed by atoms with van der Waals surface area (Å²) in [4.78, 5) is 0. The van der Waals surface area contributed by atoms with Crippen molar-refractivity contribution in [3.63, 3.8) is 0 Å². The van der Waals surface area contributed by atoms with E-state index in [1.54, 1.807) is 10.9 Å². The monoisotopic (exact) mass is 324 g/mol. The molecular formula is C17H16N4OS. The molecule has 2 aromatic carbocycles. The van der Waals surface area contributed by atoms with E-state index in [0.29, 0.717) is 10.6 Å². The van der Waals surface area contributed by atoms with E-state index in [9.17, 15) is 0 Å². The molecule has 0 aliphatic rings. The maximum absolute atomic E-state index is 5.70. The molecule has 0 fully saturated rings. The highest BCUT2D eigenvalue weighted by molar-refractivity contribution is 7.71. The summed E-state index contributed by atoms with van der Waals surface area (Å²) < 4.78 is 7.70. The minimum Gasteiger partial charge on any atom is -0.486 e. The molecule has 0 radical (unpaired) electrons. The van der Waals surface area contributed by atoms with Gasteiger partial charge in [-0.05, 0) is 42.4 Å². The molecule has 0 amide bonds. The molecule has 3 aromatic rings. The Morgan fingerprint density at radius 1 is 1.17 bits per heavy atom. The first-order valence-corrected chi connectivity index (χ1v) is 7.59. The number of hydrogen-bond acceptors (Lipinski definition) is 4. The second-order valence-corrected chi connectivity index (χ2v) is 5.35. The third kappa shape index (κ3) is 3.73. The Balaban J connectivity index is 1.79. The molecule has 5 nitrogen and oxygen atoms in total. The van der Waals surface area contributed by atoms with Crippen LogP contribution in [-0.4, -0.2) is 21.1 Å². The minimum atomic E-state index is 0.280. The van der Waals surface area contributed by atoms with Crippen LogP contribution in [0.3, 0.4) is 0 Å². The molecule has 3 rings (SSSR count). The van der Waals surface area contributed by atoms with E-state index in [4.69, 9.17) is 17.0 Å². The van der Waals surface area contributed by atoms with Crippen LogP contribution in [-0.2, 0) is 6.61 Å². The highest BCUT2D eigenvalue weighted by Gasteiger charge is 2.06. The summed E-state index contributed by atoms with van der Waals surface area (Å²) in [5.74, 6) is 1.39. The Bertz CT molecular complexity index is 868. The summed E-state index contributed by atoms with van der Waals surface area (Å²) in [6.45, 7) is 2.32. The molecule has 0 saturated heterocycles. The lowest BCUT2D eigenvalue weighted by Crippen LogP contribution is -2.04. The Labute approximate surface area is 139 Å². The van der Waals surface area contributed by atoms with Gasteiger partial charge in [0, 0.05) is 0 Å². The van der Waals surface area contributed by atoms with Gasteiger partial charge in [-0.3, -0.25) is 0 Å². The molecule has 0 spiro atoms. The van der Waals surface area contributed by atoms with Crippen molar-refractivity contribution in [2.24, 2.45) is 5.10 Å². The Morgan fingerprint density at radius 2 is 1.91 bits per heavy atom. The molecule has 23 heavy (non-hydrogen) atoms. The van der Waals surface area contributed by atoms with E-state index in [2.05, 4.69) is 15.3 Å². The lowest BCUT2D eigenvalue weighted by Gasteiger charge is -2.05. The summed E-state index contributed by atoms with van der Waals surface area (Å²) in [5, 5.41) is 11.3. The van der Waals surface area contributed by atoms with Crippen LogP contribution in [0, 0.1) is 11.7 Å². The van der Waals surface area contributed by atoms with E-state index >= 15 is 0 Å². The molecule has 1 N–H and O–H groups in total. The van der Waals surface area contributed by atoms with Gasteiger partial charge in [0.1, 0.15) is 12.4 Å². The molecule has 116 valence electrons. The number of nitrogens with zero attached hydrogens (tertiary/aromatic N) is 3. The quantitative estimate of drug-likeness (QED) is 0.575. The second-order valence-electron chi connectivity index (χ2n) is 4.96. The van der Waals surface area contributed by atoms with Gasteiger partial charge >= 0.3 is 0 Å². The standard InChI is InChI=1S/C17H16N4OS/c1-13-7-5-6-8-14(13)11-18-21-16(19-20-17(21)23)12-22-15-9-3-2-4-10-15/h2-11H,12H2,1H3,(H,20,23). The van der Waals surface area contributed by atoms with Crippen molar-refractivity contribution < 1.29 is 4.74 Å². The molecule has 0 bridgehead atoms. The Hall–Kier alpha value is -2.73. The SMILES string of the molecule is Cc1ccccc1C=Nn1c(COc2ccccc2)n[nH]c1=S. The first kappa shape index (κ1) is 15.2. The van der Waals surface area contributed by atoms with Crippen LogP contribution >= 0.6 is 12.2 Å². The fraction of sp³-hybridized carbons (Fsp3) is 0.118. The number of para-hydroxylation sites is 1. The van der Waals surface area contributed by atoms with Crippen LogP contribution in [0.2, 0.25) is 0 Å². The van der Waals surface area contributed by atoms with E-state index in [-0.39, 0.29) is 6.61 Å². The van der Waals surface area contributed by atoms with E-state index in [1.165, 1.54) is 0 Å². The molecule has 6 heteroatoms. The summed E-state index contributed by atoms with van der Waals surface area (Å²) >= 11 is 5.23. The van der Waals surface area contributed by atoms with Gasteiger partial charge in [0.2, 0.25) is 4.77 Å². The smallest absolute Gasteiger partial charge is 0.216 e. The van der Waals surface area contributed by atoms with Crippen molar-refractivity contribution in [2.75, 3.05) is 0 Å². The molecule has 0 atom stereocenters. The molecule has 0 saturated carbocycles. The molecule has 0 aliphatic carbocycles. The van der Waals surface area contributed by atoms with Gasteiger partial charge in [0.25, 0.3) is 0 Å². The van der Waals surface area contributed by atoms with Gasteiger partial charge in [0.15, 0.2) is 5.82 Å². The third-order valence-electron chi connectivity index (χ3n) is 3.33. The molecule has 0 aliphatic heterocycles. The van der Waals surface area contributed by atoms with Gasteiger partial charge < -0.3 is 4.74 Å². The third-order valence-corrected chi connectivity index (χ3v) is 3.59. The zero-order valence-corrected chi connectivity index (χ0v) is 13.5. The lowest BCUT2D eigenvalue weighted by atomic mass is 10.1. The summed E-state index contributed by atoms with van der Waals surface area (Å²) in [6.07, 6.45) is 1.77. The predicted molar refractivity (Wildman–Crippen MR) is 92.4 cm³/mol. The summed E-state index contributed by atoms with van der Waals surface area (Å²) in [7, 11) is 0. The number of aryl methyl sites for hydroxylation is 1. The van der Waals surface area contributed by atoms with Crippen LogP contribution in [0.4, 0.5) is 0 Å². The largest absolute Gasteiger partial charge is 0.486 e. The van der Waals surface area contributed by atoms with Gasteiger partial charge in [-0.15, -0.1) is 0 Å². The van der Waals surface area contributed by atoms with Crippen LogP contribution in [0.1, 0.15) is 17.0 Å². The number of H-pyrrole nitrogens is 1. The highest BCUT2D eigenvalue weighted by Crippen LogP contribution is 2.11. The zero-order valence-electron chi connectivity index (χ0n) is 12.6. The number of hydrogen-bond donors (Lipinski definition) is 1. The topological polar surface area (TPSA) is 55.2 Å². The maximum Gasteiger partial charge on any atom is 0.216 e. The minimum absolute atomic E-state index is 0.280. The van der Waals surface area contributed by atoms with Gasteiger partial charge in [0.05, 0.1) is 6.21 Å². The van der Waals surface area contributed by atoms with Crippen molar-refractivity contribution in [1.82, 2.24) is 14.9 Å². The second kappa shape index (κ2) is 7.02. The number of ether oxygens (including phenoxy) is 1. The van der Waals surface area contributed by atoms with Gasteiger partial charge in [-0.2, -0.15) is 14.9 Å². The van der Waals surface area contributed by atoms with Crippen molar-refractivity contribution in [3.8, 4) is 5.75 Å². The maximum atomic E-state index is 5.70. The number of nitrogens with one attached hydrogen (secondary N) is 1. The van der Waals surface area contributed by atoms with Crippen LogP contribution in [0.25, 0.3) is 0 Å². The molecule has 1 heterocycles. The van der Waals surface area contributed by atoms with Crippen LogP contribution < -0.4 is 4.74 Å². The number of aromatic nitrogens is 3. The number of aromatic amines is 1.